The van der Waals surface area contributed by atoms with E-state index in [1.807, 2.05) is 0 Å². The number of nitrogens with zero attached hydrogens (tertiary/aromatic N) is 1. The molecule has 0 spiro atoms. The molecule has 5 unspecified atom stereocenters. The standard InChI is InChI=1S/C16H31BrNSi.CH3.2ClH.Ti/c1-11-10-13-12(8-7-9-14(13)17)15(11)19(5,6)18-16(2,3)4;;;;/h11-15H,7-10H2,1-6H3;1H3;2*1H;/q2*-1;;;+2/p-2. The Labute approximate surface area is 171 Å². The van der Waals surface area contributed by atoms with E-state index in [0.29, 0.717) is 0 Å². The van der Waals surface area contributed by atoms with E-state index in [4.69, 9.17) is 23.6 Å². The molecule has 2 fully saturated rings. The molecule has 0 aromatic rings. The van der Waals surface area contributed by atoms with Crippen LogP contribution in [0.25, 0.3) is 4.98 Å². The Hall–Kier alpha value is 1.95. The van der Waals surface area contributed by atoms with E-state index in [1.54, 1.807) is 0 Å². The molecule has 0 saturated heterocycles. The maximum absolute atomic E-state index is 5.31. The molecule has 1 nitrogen and oxygen atoms in total. The number of hydrogen-bond donors (Lipinski definition) is 0. The molecule has 0 heterocycles. The monoisotopic (exact) mass is 477 g/mol. The second-order valence-electron chi connectivity index (χ2n) is 8.52. The zero-order valence-electron chi connectivity index (χ0n) is 15.8. The van der Waals surface area contributed by atoms with E-state index < -0.39 is 25.3 Å². The van der Waals surface area contributed by atoms with E-state index >= 15 is 0 Å². The van der Waals surface area contributed by atoms with Crippen molar-refractivity contribution in [3.8, 4) is 0 Å². The fraction of sp³-hybridized carbons (Fsp3) is 0.941. The molecular formula is C17H34BrCl2NSiTi-2. The fourth-order valence-electron chi connectivity index (χ4n) is 5.17. The Kier molecular flexibility index (Phi) is 11.2. The van der Waals surface area contributed by atoms with Crippen molar-refractivity contribution in [2.45, 2.75) is 82.4 Å². The average molecular weight is 479 g/mol. The van der Waals surface area contributed by atoms with Crippen molar-refractivity contribution < 1.29 is 17.0 Å². The Balaban J connectivity index is 0.00000112. The molecule has 0 bridgehead atoms. The van der Waals surface area contributed by atoms with Crippen molar-refractivity contribution in [3.63, 3.8) is 0 Å². The zero-order valence-corrected chi connectivity index (χ0v) is 21.5. The van der Waals surface area contributed by atoms with Crippen molar-refractivity contribution in [1.29, 1.82) is 0 Å². The molecule has 2 rings (SSSR count). The van der Waals surface area contributed by atoms with E-state index in [2.05, 4.69) is 56.7 Å². The predicted molar refractivity (Wildman–Crippen MR) is 110 cm³/mol. The molecule has 0 amide bonds. The van der Waals surface area contributed by atoms with Gasteiger partial charge in [-0.15, -0.1) is 5.54 Å². The third-order valence-electron chi connectivity index (χ3n) is 5.19. The van der Waals surface area contributed by atoms with Crippen LogP contribution in [0.1, 0.15) is 53.4 Å². The molecule has 2 saturated carbocycles. The summed E-state index contributed by atoms with van der Waals surface area (Å²) in [7, 11) is 8.28. The molecule has 2 aliphatic rings. The summed E-state index contributed by atoms with van der Waals surface area (Å²) >= 11 is 3.41. The SMILES string of the molecule is CC1CC2C(Br)CCCC2C1[Si](C)(C)[N-]C(C)(C)C.[CH3-].[Cl][Ti][Cl]. The Bertz CT molecular complexity index is 352. The first kappa shape index (κ1) is 25.0. The summed E-state index contributed by atoms with van der Waals surface area (Å²) in [6.07, 6.45) is 5.69. The van der Waals surface area contributed by atoms with Crippen molar-refractivity contribution in [2.75, 3.05) is 0 Å². The van der Waals surface area contributed by atoms with Gasteiger partial charge in [0, 0.05) is 4.83 Å². The first-order valence-electron chi connectivity index (χ1n) is 8.38. The summed E-state index contributed by atoms with van der Waals surface area (Å²) in [6.45, 7) is 14.3. The Morgan fingerprint density at radius 2 is 1.65 bits per heavy atom. The molecule has 23 heavy (non-hydrogen) atoms. The van der Waals surface area contributed by atoms with E-state index in [0.717, 1.165) is 28.1 Å². The first-order chi connectivity index (χ1) is 10.0. The van der Waals surface area contributed by atoms with Gasteiger partial charge in [-0.25, -0.2) is 0 Å². The summed E-state index contributed by atoms with van der Waals surface area (Å²) in [6, 6.07) is 0. The molecule has 0 N–H and O–H groups in total. The minimum absolute atomic E-state index is 0. The molecule has 0 aromatic heterocycles. The Morgan fingerprint density at radius 3 is 2.13 bits per heavy atom. The topological polar surface area (TPSA) is 14.1 Å². The van der Waals surface area contributed by atoms with Crippen LogP contribution in [0, 0.1) is 25.2 Å². The van der Waals surface area contributed by atoms with E-state index in [9.17, 15) is 0 Å². The van der Waals surface area contributed by atoms with Crippen LogP contribution in [-0.4, -0.2) is 18.6 Å². The van der Waals surface area contributed by atoms with Gasteiger partial charge in [-0.05, 0) is 30.6 Å². The second-order valence-corrected chi connectivity index (χ2v) is 16.5. The van der Waals surface area contributed by atoms with E-state index in [-0.39, 0.29) is 13.0 Å². The second kappa shape index (κ2) is 10.3. The number of hydrogen-bond acceptors (Lipinski definition) is 0. The molecule has 0 aliphatic heterocycles. The van der Waals surface area contributed by atoms with Crippen LogP contribution in [0.4, 0.5) is 0 Å². The fourth-order valence-corrected chi connectivity index (χ4v) is 11.0. The van der Waals surface area contributed by atoms with Crippen molar-refractivity contribution in [3.05, 3.63) is 12.4 Å². The van der Waals surface area contributed by atoms with Crippen LogP contribution < -0.4 is 0 Å². The molecular weight excluding hydrogens is 445 g/mol. The average Bonchev–Trinajstić information content (AvgIpc) is 2.65. The van der Waals surface area contributed by atoms with Crippen LogP contribution >= 0.6 is 34.5 Å². The van der Waals surface area contributed by atoms with Crippen LogP contribution in [0.5, 0.6) is 0 Å². The normalized spacial score (nSPS) is 33.9. The quantitative estimate of drug-likeness (QED) is 0.218. The van der Waals surface area contributed by atoms with Gasteiger partial charge in [0.25, 0.3) is 0 Å². The number of halogens is 3. The minimum atomic E-state index is -1.50. The summed E-state index contributed by atoms with van der Waals surface area (Å²) in [5.41, 5.74) is 1.03. The van der Waals surface area contributed by atoms with Crippen molar-refractivity contribution >= 4 is 42.8 Å². The zero-order chi connectivity index (χ0) is 17.1. The van der Waals surface area contributed by atoms with Gasteiger partial charge >= 0.3 is 35.6 Å². The van der Waals surface area contributed by atoms with Crippen molar-refractivity contribution in [1.82, 2.24) is 0 Å². The van der Waals surface area contributed by atoms with Gasteiger partial charge in [-0.2, -0.15) is 0 Å². The molecule has 0 aromatic carbocycles. The van der Waals surface area contributed by atoms with Crippen LogP contribution in [0.3, 0.4) is 0 Å². The van der Waals surface area contributed by atoms with Crippen LogP contribution in [0.15, 0.2) is 0 Å². The maximum atomic E-state index is 5.31. The van der Waals surface area contributed by atoms with Crippen LogP contribution in [0.2, 0.25) is 18.6 Å². The Morgan fingerprint density at radius 1 is 1.13 bits per heavy atom. The molecule has 6 heteroatoms. The van der Waals surface area contributed by atoms with Gasteiger partial charge < -0.3 is 12.4 Å². The van der Waals surface area contributed by atoms with E-state index in [1.165, 1.54) is 25.7 Å². The summed E-state index contributed by atoms with van der Waals surface area (Å²) in [4.78, 5) is 6.09. The summed E-state index contributed by atoms with van der Waals surface area (Å²) in [5.74, 6) is 2.75. The third kappa shape index (κ3) is 7.23. The number of rotatable bonds is 2. The molecule has 5 atom stereocenters. The number of fused-ring (bicyclic) bond motifs is 1. The van der Waals surface area contributed by atoms with Gasteiger partial charge in [0.05, 0.1) is 0 Å². The van der Waals surface area contributed by atoms with Gasteiger partial charge in [0.1, 0.15) is 0 Å². The number of alkyl halides is 1. The molecule has 0 radical (unpaired) electrons. The summed E-state index contributed by atoms with van der Waals surface area (Å²) < 4.78 is 0. The predicted octanol–water partition coefficient (Wildman–Crippen LogP) is 7.78. The van der Waals surface area contributed by atoms with Gasteiger partial charge in [-0.1, -0.05) is 83.3 Å². The van der Waals surface area contributed by atoms with Gasteiger partial charge in [-0.3, -0.25) is 0 Å². The molecule has 138 valence electrons. The third-order valence-corrected chi connectivity index (χ3v) is 10.2. The van der Waals surface area contributed by atoms with Gasteiger partial charge in [0.2, 0.25) is 0 Å². The first-order valence-corrected chi connectivity index (χ1v) is 16.6. The van der Waals surface area contributed by atoms with Crippen molar-refractivity contribution in [2.24, 2.45) is 17.8 Å². The summed E-state index contributed by atoms with van der Waals surface area (Å²) in [5, 5.41) is 0. The van der Waals surface area contributed by atoms with Crippen LogP contribution in [-0.2, 0) is 17.0 Å². The molecule has 2 aliphatic carbocycles. The van der Waals surface area contributed by atoms with Gasteiger partial charge in [0.15, 0.2) is 0 Å².